The number of methoxy groups -OCH3 is 1. The van der Waals surface area contributed by atoms with Crippen LogP contribution in [0.25, 0.3) is 11.1 Å². The van der Waals surface area contributed by atoms with E-state index in [9.17, 15) is 4.79 Å². The van der Waals surface area contributed by atoms with E-state index in [1.54, 1.807) is 20.1 Å². The summed E-state index contributed by atoms with van der Waals surface area (Å²) in [5.74, 6) is 0.941. The molecule has 0 heterocycles. The molecule has 98 valence electrons. The smallest absolute Gasteiger partial charge is 0.134 e. The SMILES string of the molecule is COc1ccc(Cl)cc1-c1ccc(CC(C)=O)cc1. The Labute approximate surface area is 118 Å². The number of ether oxygens (including phenoxy) is 1. The lowest BCUT2D eigenvalue weighted by atomic mass is 10.0. The molecule has 0 aromatic heterocycles. The van der Waals surface area contributed by atoms with Crippen molar-refractivity contribution in [3.05, 3.63) is 53.1 Å². The molecule has 0 fully saturated rings. The lowest BCUT2D eigenvalue weighted by Gasteiger charge is -2.09. The number of carbonyl (C=O) groups excluding carboxylic acids is 1. The Morgan fingerprint density at radius 2 is 1.84 bits per heavy atom. The minimum Gasteiger partial charge on any atom is -0.496 e. The molecule has 0 aliphatic carbocycles. The van der Waals surface area contributed by atoms with Crippen molar-refractivity contribution in [3.63, 3.8) is 0 Å². The average molecular weight is 275 g/mol. The molecule has 0 N–H and O–H groups in total. The molecule has 0 aliphatic heterocycles. The zero-order valence-corrected chi connectivity index (χ0v) is 11.7. The van der Waals surface area contributed by atoms with Crippen LogP contribution in [0.5, 0.6) is 5.75 Å². The van der Waals surface area contributed by atoms with Gasteiger partial charge < -0.3 is 4.74 Å². The zero-order valence-electron chi connectivity index (χ0n) is 10.9. The normalized spacial score (nSPS) is 10.3. The van der Waals surface area contributed by atoms with Crippen molar-refractivity contribution in [2.75, 3.05) is 7.11 Å². The summed E-state index contributed by atoms with van der Waals surface area (Å²) in [6.07, 6.45) is 0.465. The molecule has 0 spiro atoms. The minimum absolute atomic E-state index is 0.160. The highest BCUT2D eigenvalue weighted by atomic mass is 35.5. The van der Waals surface area contributed by atoms with Gasteiger partial charge in [0.1, 0.15) is 11.5 Å². The van der Waals surface area contributed by atoms with Crippen LogP contribution in [0.1, 0.15) is 12.5 Å². The summed E-state index contributed by atoms with van der Waals surface area (Å²) in [5, 5.41) is 0.670. The molecule has 0 amide bonds. The highest BCUT2D eigenvalue weighted by Gasteiger charge is 2.07. The molecule has 2 nitrogen and oxygen atoms in total. The summed E-state index contributed by atoms with van der Waals surface area (Å²) in [6, 6.07) is 13.4. The fourth-order valence-corrected chi connectivity index (χ4v) is 2.17. The molecular weight excluding hydrogens is 260 g/mol. The lowest BCUT2D eigenvalue weighted by molar-refractivity contribution is -0.116. The van der Waals surface area contributed by atoms with Crippen molar-refractivity contribution < 1.29 is 9.53 Å². The van der Waals surface area contributed by atoms with Gasteiger partial charge in [-0.2, -0.15) is 0 Å². The van der Waals surface area contributed by atoms with E-state index in [-0.39, 0.29) is 5.78 Å². The molecule has 0 radical (unpaired) electrons. The summed E-state index contributed by atoms with van der Waals surface area (Å²) in [6.45, 7) is 1.59. The lowest BCUT2D eigenvalue weighted by Crippen LogP contribution is -1.95. The van der Waals surface area contributed by atoms with Gasteiger partial charge in [-0.05, 0) is 36.2 Å². The number of hydrogen-bond acceptors (Lipinski definition) is 2. The first-order chi connectivity index (χ1) is 9.10. The van der Waals surface area contributed by atoms with Crippen LogP contribution in [-0.4, -0.2) is 12.9 Å². The summed E-state index contributed by atoms with van der Waals surface area (Å²) in [5.41, 5.74) is 2.98. The largest absolute Gasteiger partial charge is 0.496 e. The van der Waals surface area contributed by atoms with Crippen LogP contribution >= 0.6 is 11.6 Å². The second-order valence-electron chi connectivity index (χ2n) is 4.42. The predicted molar refractivity (Wildman–Crippen MR) is 77.8 cm³/mol. The summed E-state index contributed by atoms with van der Waals surface area (Å²) in [7, 11) is 1.64. The Balaban J connectivity index is 2.36. The van der Waals surface area contributed by atoms with E-state index in [1.807, 2.05) is 36.4 Å². The second kappa shape index (κ2) is 5.89. The number of carbonyl (C=O) groups is 1. The molecule has 2 rings (SSSR count). The summed E-state index contributed by atoms with van der Waals surface area (Å²) in [4.78, 5) is 11.1. The van der Waals surface area contributed by atoms with E-state index in [2.05, 4.69) is 0 Å². The van der Waals surface area contributed by atoms with E-state index in [1.165, 1.54) is 0 Å². The molecule has 19 heavy (non-hydrogen) atoms. The van der Waals surface area contributed by atoms with Gasteiger partial charge in [0.2, 0.25) is 0 Å². The Kier molecular flexibility index (Phi) is 4.23. The maximum absolute atomic E-state index is 11.1. The third-order valence-electron chi connectivity index (χ3n) is 2.88. The zero-order chi connectivity index (χ0) is 13.8. The highest BCUT2D eigenvalue weighted by molar-refractivity contribution is 6.31. The summed E-state index contributed by atoms with van der Waals surface area (Å²) >= 11 is 6.02. The Hall–Kier alpha value is -1.80. The summed E-state index contributed by atoms with van der Waals surface area (Å²) < 4.78 is 5.34. The molecule has 0 unspecified atom stereocenters. The van der Waals surface area contributed by atoms with Gasteiger partial charge in [0.15, 0.2) is 0 Å². The van der Waals surface area contributed by atoms with Crippen LogP contribution in [0, 0.1) is 0 Å². The van der Waals surface area contributed by atoms with Gasteiger partial charge in [-0.25, -0.2) is 0 Å². The molecule has 2 aromatic rings. The van der Waals surface area contributed by atoms with Gasteiger partial charge in [0, 0.05) is 17.0 Å². The van der Waals surface area contributed by atoms with E-state index in [0.717, 1.165) is 22.4 Å². The standard InChI is InChI=1S/C16H15ClO2/c1-11(18)9-12-3-5-13(6-4-12)15-10-14(17)7-8-16(15)19-2/h3-8,10H,9H2,1-2H3. The van der Waals surface area contributed by atoms with Crippen LogP contribution < -0.4 is 4.74 Å². The van der Waals surface area contributed by atoms with Gasteiger partial charge in [-0.15, -0.1) is 0 Å². The van der Waals surface area contributed by atoms with Crippen LogP contribution in [0.3, 0.4) is 0 Å². The fraction of sp³-hybridized carbons (Fsp3) is 0.188. The van der Waals surface area contributed by atoms with E-state index >= 15 is 0 Å². The third-order valence-corrected chi connectivity index (χ3v) is 3.11. The Morgan fingerprint density at radius 3 is 2.42 bits per heavy atom. The van der Waals surface area contributed by atoms with Crippen LogP contribution in [0.2, 0.25) is 5.02 Å². The molecule has 3 heteroatoms. The first-order valence-corrected chi connectivity index (χ1v) is 6.40. The Bertz CT molecular complexity index is 588. The predicted octanol–water partition coefficient (Wildman–Crippen LogP) is 4.15. The van der Waals surface area contributed by atoms with E-state index in [4.69, 9.17) is 16.3 Å². The molecule has 0 bridgehead atoms. The third kappa shape index (κ3) is 3.36. The number of ketones is 1. The number of benzene rings is 2. The van der Waals surface area contributed by atoms with E-state index in [0.29, 0.717) is 11.4 Å². The fourth-order valence-electron chi connectivity index (χ4n) is 2.00. The van der Waals surface area contributed by atoms with Crippen LogP contribution in [-0.2, 0) is 11.2 Å². The maximum Gasteiger partial charge on any atom is 0.134 e. The number of hydrogen-bond donors (Lipinski definition) is 0. The number of Topliss-reactive ketones (excluding diaryl/α,β-unsaturated/α-hetero) is 1. The van der Waals surface area contributed by atoms with Crippen LogP contribution in [0.4, 0.5) is 0 Å². The first kappa shape index (κ1) is 13.6. The first-order valence-electron chi connectivity index (χ1n) is 6.02. The van der Waals surface area contributed by atoms with Crippen molar-refractivity contribution in [1.82, 2.24) is 0 Å². The highest BCUT2D eigenvalue weighted by Crippen LogP contribution is 2.32. The monoisotopic (exact) mass is 274 g/mol. The quantitative estimate of drug-likeness (QED) is 0.837. The average Bonchev–Trinajstić information content (AvgIpc) is 2.39. The van der Waals surface area contributed by atoms with Crippen molar-refractivity contribution in [2.24, 2.45) is 0 Å². The van der Waals surface area contributed by atoms with Crippen molar-refractivity contribution in [3.8, 4) is 16.9 Å². The minimum atomic E-state index is 0.160. The van der Waals surface area contributed by atoms with Gasteiger partial charge >= 0.3 is 0 Å². The topological polar surface area (TPSA) is 26.3 Å². The van der Waals surface area contributed by atoms with E-state index < -0.39 is 0 Å². The number of rotatable bonds is 4. The van der Waals surface area contributed by atoms with Gasteiger partial charge in [-0.1, -0.05) is 35.9 Å². The molecule has 0 aliphatic rings. The molecule has 0 saturated heterocycles. The van der Waals surface area contributed by atoms with Gasteiger partial charge in [-0.3, -0.25) is 4.79 Å². The van der Waals surface area contributed by atoms with Crippen LogP contribution in [0.15, 0.2) is 42.5 Å². The molecule has 0 atom stereocenters. The maximum atomic E-state index is 11.1. The molecular formula is C16H15ClO2. The van der Waals surface area contributed by atoms with Crippen molar-refractivity contribution >= 4 is 17.4 Å². The molecule has 0 saturated carbocycles. The van der Waals surface area contributed by atoms with Gasteiger partial charge in [0.25, 0.3) is 0 Å². The second-order valence-corrected chi connectivity index (χ2v) is 4.86. The van der Waals surface area contributed by atoms with Crippen molar-refractivity contribution in [1.29, 1.82) is 0 Å². The molecule has 2 aromatic carbocycles. The Morgan fingerprint density at radius 1 is 1.16 bits per heavy atom. The van der Waals surface area contributed by atoms with Crippen molar-refractivity contribution in [2.45, 2.75) is 13.3 Å². The number of halogens is 1. The van der Waals surface area contributed by atoms with Gasteiger partial charge in [0.05, 0.1) is 7.11 Å².